The number of hydrogen-bond acceptors (Lipinski definition) is 4. The highest BCUT2D eigenvalue weighted by Gasteiger charge is 2.46. The van der Waals surface area contributed by atoms with E-state index in [4.69, 9.17) is 19.9 Å². The molecule has 2 N–H and O–H groups in total. The predicted octanol–water partition coefficient (Wildman–Crippen LogP) is 1.87. The molecule has 4 heteroatoms. The van der Waals surface area contributed by atoms with E-state index in [1.807, 2.05) is 12.1 Å². The van der Waals surface area contributed by atoms with Crippen LogP contribution in [0.25, 0.3) is 0 Å². The van der Waals surface area contributed by atoms with Gasteiger partial charge in [-0.3, -0.25) is 0 Å². The molecule has 0 amide bonds. The van der Waals surface area contributed by atoms with Crippen molar-refractivity contribution in [2.45, 2.75) is 43.0 Å². The van der Waals surface area contributed by atoms with Crippen LogP contribution in [-0.2, 0) is 19.6 Å². The summed E-state index contributed by atoms with van der Waals surface area (Å²) in [6, 6.07) is 8.34. The van der Waals surface area contributed by atoms with Gasteiger partial charge in [0.2, 0.25) is 0 Å². The average molecular weight is 275 g/mol. The summed E-state index contributed by atoms with van der Waals surface area (Å²) in [4.78, 5) is 0. The number of epoxide rings is 3. The molecule has 108 valence electrons. The maximum atomic E-state index is 5.84. The lowest BCUT2D eigenvalue weighted by molar-refractivity contribution is 0.232. The third-order valence-corrected chi connectivity index (χ3v) is 4.59. The van der Waals surface area contributed by atoms with E-state index in [9.17, 15) is 0 Å². The highest BCUT2D eigenvalue weighted by Crippen LogP contribution is 2.45. The van der Waals surface area contributed by atoms with Gasteiger partial charge in [-0.15, -0.1) is 0 Å². The molecule has 0 bridgehead atoms. The molecule has 3 atom stereocenters. The van der Waals surface area contributed by atoms with Crippen molar-refractivity contribution in [2.75, 3.05) is 25.6 Å². The molecule has 0 spiro atoms. The molecule has 20 heavy (non-hydrogen) atoms. The van der Waals surface area contributed by atoms with Crippen LogP contribution in [0.4, 0.5) is 5.69 Å². The van der Waals surface area contributed by atoms with Crippen molar-refractivity contribution in [3.05, 3.63) is 29.8 Å². The molecular formula is C16H21NO3. The van der Waals surface area contributed by atoms with Gasteiger partial charge in [0.05, 0.1) is 38.1 Å². The molecule has 3 fully saturated rings. The highest BCUT2D eigenvalue weighted by atomic mass is 16.6. The summed E-state index contributed by atoms with van der Waals surface area (Å²) < 4.78 is 16.5. The third kappa shape index (κ3) is 2.82. The summed E-state index contributed by atoms with van der Waals surface area (Å²) in [5.41, 5.74) is 8.12. The minimum Gasteiger partial charge on any atom is -0.399 e. The zero-order chi connectivity index (χ0) is 13.6. The molecule has 3 heterocycles. The van der Waals surface area contributed by atoms with Crippen LogP contribution in [0.15, 0.2) is 24.3 Å². The quantitative estimate of drug-likeness (QED) is 0.609. The zero-order valence-corrected chi connectivity index (χ0v) is 11.6. The first-order chi connectivity index (χ1) is 9.73. The van der Waals surface area contributed by atoms with Crippen LogP contribution in [-0.4, -0.2) is 38.1 Å². The molecule has 0 aromatic heterocycles. The second-order valence-electron chi connectivity index (χ2n) is 6.38. The van der Waals surface area contributed by atoms with Gasteiger partial charge < -0.3 is 19.9 Å². The Labute approximate surface area is 119 Å². The van der Waals surface area contributed by atoms with Crippen LogP contribution < -0.4 is 5.73 Å². The fourth-order valence-corrected chi connectivity index (χ4v) is 3.31. The Bertz CT molecular complexity index is 439. The second-order valence-corrected chi connectivity index (χ2v) is 6.38. The SMILES string of the molecule is Nc1ccc(C(CC2CO2)(CC2CO2)CC2CO2)cc1. The van der Waals surface area contributed by atoms with Gasteiger partial charge in [0.25, 0.3) is 0 Å². The Morgan fingerprint density at radius 1 is 0.850 bits per heavy atom. The maximum Gasteiger partial charge on any atom is 0.0818 e. The van der Waals surface area contributed by atoms with Crippen molar-refractivity contribution >= 4 is 5.69 Å². The normalized spacial score (nSPS) is 33.5. The van der Waals surface area contributed by atoms with E-state index in [0.717, 1.165) is 44.8 Å². The molecule has 0 saturated carbocycles. The first-order valence-electron chi connectivity index (χ1n) is 7.44. The van der Waals surface area contributed by atoms with Crippen molar-refractivity contribution in [2.24, 2.45) is 0 Å². The smallest absolute Gasteiger partial charge is 0.0818 e. The van der Waals surface area contributed by atoms with E-state index in [1.54, 1.807) is 0 Å². The predicted molar refractivity (Wildman–Crippen MR) is 75.6 cm³/mol. The number of hydrogen-bond donors (Lipinski definition) is 1. The van der Waals surface area contributed by atoms with E-state index in [-0.39, 0.29) is 5.41 Å². The molecule has 3 aliphatic heterocycles. The summed E-state index contributed by atoms with van der Waals surface area (Å²) in [7, 11) is 0. The first-order valence-corrected chi connectivity index (χ1v) is 7.44. The molecule has 3 saturated heterocycles. The molecule has 4 rings (SSSR count). The van der Waals surface area contributed by atoms with E-state index >= 15 is 0 Å². The summed E-state index contributed by atoms with van der Waals surface area (Å²) in [5.74, 6) is 0. The van der Waals surface area contributed by atoms with Crippen LogP contribution in [0.2, 0.25) is 0 Å². The van der Waals surface area contributed by atoms with Gasteiger partial charge in [-0.2, -0.15) is 0 Å². The van der Waals surface area contributed by atoms with Crippen LogP contribution in [0.5, 0.6) is 0 Å². The van der Waals surface area contributed by atoms with Gasteiger partial charge in [-0.05, 0) is 37.0 Å². The Balaban J connectivity index is 1.64. The van der Waals surface area contributed by atoms with E-state index < -0.39 is 0 Å². The Morgan fingerprint density at radius 2 is 1.25 bits per heavy atom. The topological polar surface area (TPSA) is 63.6 Å². The van der Waals surface area contributed by atoms with Crippen molar-refractivity contribution in [1.29, 1.82) is 0 Å². The first kappa shape index (κ1) is 12.6. The molecule has 1 aromatic rings. The third-order valence-electron chi connectivity index (χ3n) is 4.59. The molecule has 3 unspecified atom stereocenters. The zero-order valence-electron chi connectivity index (χ0n) is 11.6. The number of nitrogen functional groups attached to an aromatic ring is 1. The molecule has 0 radical (unpaired) electrons. The fourth-order valence-electron chi connectivity index (χ4n) is 3.31. The lowest BCUT2D eigenvalue weighted by Crippen LogP contribution is -2.32. The van der Waals surface area contributed by atoms with E-state index in [2.05, 4.69) is 12.1 Å². The van der Waals surface area contributed by atoms with Gasteiger partial charge in [0, 0.05) is 11.1 Å². The average Bonchev–Trinajstić information content (AvgIpc) is 3.24. The Hall–Kier alpha value is -1.10. The lowest BCUT2D eigenvalue weighted by atomic mass is 9.70. The second kappa shape index (κ2) is 4.72. The van der Waals surface area contributed by atoms with Crippen molar-refractivity contribution < 1.29 is 14.2 Å². The van der Waals surface area contributed by atoms with Crippen LogP contribution in [0.1, 0.15) is 24.8 Å². The number of nitrogens with two attached hydrogens (primary N) is 1. The van der Waals surface area contributed by atoms with E-state index in [0.29, 0.717) is 18.3 Å². The standard InChI is InChI=1S/C16H21NO3/c17-12-3-1-11(2-4-12)16(5-13-8-18-13,6-14-9-19-14)7-15-10-20-15/h1-4,13-15H,5-10,17H2. The molecule has 1 aromatic carbocycles. The van der Waals surface area contributed by atoms with E-state index in [1.165, 1.54) is 5.56 Å². The Morgan fingerprint density at radius 3 is 1.60 bits per heavy atom. The molecular weight excluding hydrogens is 254 g/mol. The van der Waals surface area contributed by atoms with Crippen molar-refractivity contribution in [3.8, 4) is 0 Å². The van der Waals surface area contributed by atoms with Crippen LogP contribution in [0, 0.1) is 0 Å². The van der Waals surface area contributed by atoms with Crippen molar-refractivity contribution in [3.63, 3.8) is 0 Å². The van der Waals surface area contributed by atoms with Gasteiger partial charge in [-0.25, -0.2) is 0 Å². The number of ether oxygens (including phenoxy) is 3. The summed E-state index contributed by atoms with van der Waals surface area (Å²) in [6.07, 6.45) is 4.42. The van der Waals surface area contributed by atoms with Gasteiger partial charge in [0.1, 0.15) is 0 Å². The molecule has 0 aliphatic carbocycles. The Kier molecular flexibility index (Phi) is 2.98. The van der Waals surface area contributed by atoms with Gasteiger partial charge >= 0.3 is 0 Å². The minimum absolute atomic E-state index is 0.108. The highest BCUT2D eigenvalue weighted by molar-refractivity contribution is 5.42. The monoisotopic (exact) mass is 275 g/mol. The lowest BCUT2D eigenvalue weighted by Gasteiger charge is -2.33. The van der Waals surface area contributed by atoms with Crippen molar-refractivity contribution in [1.82, 2.24) is 0 Å². The van der Waals surface area contributed by atoms with Gasteiger partial charge in [-0.1, -0.05) is 12.1 Å². The molecule has 4 nitrogen and oxygen atoms in total. The van der Waals surface area contributed by atoms with Crippen LogP contribution >= 0.6 is 0 Å². The summed E-state index contributed by atoms with van der Waals surface area (Å²) in [6.45, 7) is 2.69. The number of benzene rings is 1. The largest absolute Gasteiger partial charge is 0.399 e. The summed E-state index contributed by atoms with van der Waals surface area (Å²) in [5, 5.41) is 0. The maximum absolute atomic E-state index is 5.84. The fraction of sp³-hybridized carbons (Fsp3) is 0.625. The van der Waals surface area contributed by atoms with Crippen LogP contribution in [0.3, 0.4) is 0 Å². The minimum atomic E-state index is 0.108. The van der Waals surface area contributed by atoms with Gasteiger partial charge in [0.15, 0.2) is 0 Å². The summed E-state index contributed by atoms with van der Waals surface area (Å²) >= 11 is 0. The number of anilines is 1. The molecule has 3 aliphatic rings. The number of rotatable bonds is 7.